The lowest BCUT2D eigenvalue weighted by Crippen LogP contribution is -2.34. The fourth-order valence-electron chi connectivity index (χ4n) is 1.87. The number of hydrogen-bond donors (Lipinski definition) is 2. The fourth-order valence-corrected chi connectivity index (χ4v) is 1.87. The van der Waals surface area contributed by atoms with Crippen LogP contribution in [0.1, 0.15) is 32.4 Å². The third-order valence-corrected chi connectivity index (χ3v) is 2.74. The van der Waals surface area contributed by atoms with Gasteiger partial charge in [0.1, 0.15) is 11.4 Å². The summed E-state index contributed by atoms with van der Waals surface area (Å²) in [6.45, 7) is 7.67. The Morgan fingerprint density at radius 1 is 1.50 bits per heavy atom. The zero-order valence-corrected chi connectivity index (χ0v) is 12.1. The first-order chi connectivity index (χ1) is 9.44. The van der Waals surface area contributed by atoms with Crippen LogP contribution in [-0.4, -0.2) is 36.4 Å². The molecular formula is C14H21N3O3. The highest BCUT2D eigenvalue weighted by Crippen LogP contribution is 2.17. The number of morpholine rings is 1. The van der Waals surface area contributed by atoms with E-state index in [9.17, 15) is 4.79 Å². The predicted molar refractivity (Wildman–Crippen MR) is 75.7 cm³/mol. The molecule has 0 aromatic carbocycles. The first kappa shape index (κ1) is 14.7. The molecule has 1 aromatic heterocycles. The zero-order chi connectivity index (χ0) is 14.6. The van der Waals surface area contributed by atoms with Crippen LogP contribution in [-0.2, 0) is 9.47 Å². The minimum absolute atomic E-state index is 0.159. The summed E-state index contributed by atoms with van der Waals surface area (Å²) in [5.74, 6) is 0.472. The second-order valence-corrected chi connectivity index (χ2v) is 5.69. The highest BCUT2D eigenvalue weighted by Gasteiger charge is 2.18. The highest BCUT2D eigenvalue weighted by molar-refractivity contribution is 5.83. The van der Waals surface area contributed by atoms with Crippen molar-refractivity contribution in [3.63, 3.8) is 0 Å². The third-order valence-electron chi connectivity index (χ3n) is 2.74. The van der Waals surface area contributed by atoms with Crippen LogP contribution >= 0.6 is 0 Å². The molecule has 2 N–H and O–H groups in total. The Hall–Kier alpha value is -1.66. The molecule has 1 aliphatic rings. The molecule has 6 heteroatoms. The van der Waals surface area contributed by atoms with Gasteiger partial charge in [-0.25, -0.2) is 9.78 Å². The van der Waals surface area contributed by atoms with Crippen molar-refractivity contribution in [2.24, 2.45) is 0 Å². The molecule has 110 valence electrons. The summed E-state index contributed by atoms with van der Waals surface area (Å²) in [7, 11) is 0. The van der Waals surface area contributed by atoms with E-state index in [2.05, 4.69) is 15.6 Å². The lowest BCUT2D eigenvalue weighted by atomic mass is 10.1. The first-order valence-corrected chi connectivity index (χ1v) is 6.71. The van der Waals surface area contributed by atoms with Gasteiger partial charge in [-0.05, 0) is 32.4 Å². The standard InChI is InChI=1S/C14H21N3O3/c1-14(2,3)20-13(18)17-12-5-4-10(8-16-12)11-9-19-7-6-15-11/h4-5,8,11,15H,6-7,9H2,1-3H3,(H,16,17,18)/t11-/m0/s1. The maximum atomic E-state index is 11.6. The van der Waals surface area contributed by atoms with E-state index in [0.29, 0.717) is 12.4 Å². The Bertz CT molecular complexity index is 448. The highest BCUT2D eigenvalue weighted by atomic mass is 16.6. The van der Waals surface area contributed by atoms with E-state index in [1.807, 2.05) is 26.8 Å². The van der Waals surface area contributed by atoms with Crippen molar-refractivity contribution in [3.05, 3.63) is 23.9 Å². The van der Waals surface area contributed by atoms with Crippen molar-refractivity contribution in [1.29, 1.82) is 0 Å². The number of nitrogens with one attached hydrogen (secondary N) is 2. The Kier molecular flexibility index (Phi) is 4.57. The molecule has 0 saturated carbocycles. The number of carbonyl (C=O) groups is 1. The average molecular weight is 279 g/mol. The number of carbonyl (C=O) groups excluding carboxylic acids is 1. The number of amides is 1. The molecule has 1 atom stereocenters. The maximum absolute atomic E-state index is 11.6. The topological polar surface area (TPSA) is 72.5 Å². The minimum atomic E-state index is -0.520. The van der Waals surface area contributed by atoms with Crippen LogP contribution in [0.15, 0.2) is 18.3 Å². The number of ether oxygens (including phenoxy) is 2. The monoisotopic (exact) mass is 279 g/mol. The zero-order valence-electron chi connectivity index (χ0n) is 12.1. The van der Waals surface area contributed by atoms with Crippen LogP contribution in [0.25, 0.3) is 0 Å². The number of aromatic nitrogens is 1. The molecule has 6 nitrogen and oxygen atoms in total. The van der Waals surface area contributed by atoms with Gasteiger partial charge in [0.2, 0.25) is 0 Å². The third kappa shape index (κ3) is 4.47. The smallest absolute Gasteiger partial charge is 0.413 e. The molecule has 0 aliphatic carbocycles. The van der Waals surface area contributed by atoms with Gasteiger partial charge < -0.3 is 14.8 Å². The van der Waals surface area contributed by atoms with Crippen molar-refractivity contribution in [2.75, 3.05) is 25.1 Å². The molecule has 2 heterocycles. The number of anilines is 1. The van der Waals surface area contributed by atoms with Crippen LogP contribution in [0.3, 0.4) is 0 Å². The largest absolute Gasteiger partial charge is 0.444 e. The summed E-state index contributed by atoms with van der Waals surface area (Å²) < 4.78 is 10.6. The van der Waals surface area contributed by atoms with E-state index in [0.717, 1.165) is 18.7 Å². The number of rotatable bonds is 2. The van der Waals surface area contributed by atoms with Crippen LogP contribution in [0.4, 0.5) is 10.6 Å². The molecule has 20 heavy (non-hydrogen) atoms. The minimum Gasteiger partial charge on any atom is -0.444 e. The maximum Gasteiger partial charge on any atom is 0.413 e. The van der Waals surface area contributed by atoms with Crippen LogP contribution in [0, 0.1) is 0 Å². The van der Waals surface area contributed by atoms with Gasteiger partial charge in [-0.1, -0.05) is 6.07 Å². The molecule has 1 aromatic rings. The second kappa shape index (κ2) is 6.19. The Morgan fingerprint density at radius 2 is 2.30 bits per heavy atom. The van der Waals surface area contributed by atoms with Gasteiger partial charge in [0.05, 0.1) is 19.3 Å². The van der Waals surface area contributed by atoms with Crippen molar-refractivity contribution in [1.82, 2.24) is 10.3 Å². The van der Waals surface area contributed by atoms with E-state index < -0.39 is 11.7 Å². The molecule has 0 radical (unpaired) electrons. The summed E-state index contributed by atoms with van der Waals surface area (Å²) in [6, 6.07) is 3.84. The van der Waals surface area contributed by atoms with Gasteiger partial charge in [0.25, 0.3) is 0 Å². The first-order valence-electron chi connectivity index (χ1n) is 6.71. The molecule has 0 bridgehead atoms. The van der Waals surface area contributed by atoms with Gasteiger partial charge >= 0.3 is 6.09 Å². The molecule has 1 amide bonds. The number of hydrogen-bond acceptors (Lipinski definition) is 5. The fraction of sp³-hybridized carbons (Fsp3) is 0.571. The van der Waals surface area contributed by atoms with E-state index in [4.69, 9.17) is 9.47 Å². The van der Waals surface area contributed by atoms with Crippen LogP contribution in [0.2, 0.25) is 0 Å². The van der Waals surface area contributed by atoms with Gasteiger partial charge in [0.15, 0.2) is 0 Å². The lowest BCUT2D eigenvalue weighted by molar-refractivity contribution is 0.0635. The SMILES string of the molecule is CC(C)(C)OC(=O)Nc1ccc([C@@H]2COCCN2)cn1. The van der Waals surface area contributed by atoms with Crippen molar-refractivity contribution >= 4 is 11.9 Å². The van der Waals surface area contributed by atoms with E-state index in [-0.39, 0.29) is 6.04 Å². The Labute approximate surface area is 118 Å². The predicted octanol–water partition coefficient (Wildman–Crippen LogP) is 2.09. The molecule has 0 unspecified atom stereocenters. The second-order valence-electron chi connectivity index (χ2n) is 5.69. The molecular weight excluding hydrogens is 258 g/mol. The number of nitrogens with zero attached hydrogens (tertiary/aromatic N) is 1. The van der Waals surface area contributed by atoms with Crippen molar-refractivity contribution in [2.45, 2.75) is 32.4 Å². The molecule has 1 saturated heterocycles. The van der Waals surface area contributed by atoms with Crippen LogP contribution < -0.4 is 10.6 Å². The van der Waals surface area contributed by atoms with Gasteiger partial charge in [-0.2, -0.15) is 0 Å². The summed E-state index contributed by atoms with van der Waals surface area (Å²) >= 11 is 0. The summed E-state index contributed by atoms with van der Waals surface area (Å²) in [4.78, 5) is 15.8. The van der Waals surface area contributed by atoms with Gasteiger partial charge in [-0.15, -0.1) is 0 Å². The van der Waals surface area contributed by atoms with Gasteiger partial charge in [-0.3, -0.25) is 5.32 Å². The lowest BCUT2D eigenvalue weighted by Gasteiger charge is -2.24. The molecule has 1 fully saturated rings. The van der Waals surface area contributed by atoms with Crippen molar-refractivity contribution in [3.8, 4) is 0 Å². The van der Waals surface area contributed by atoms with E-state index in [1.54, 1.807) is 12.3 Å². The summed E-state index contributed by atoms with van der Waals surface area (Å²) in [6.07, 6.45) is 1.23. The average Bonchev–Trinajstić information content (AvgIpc) is 2.38. The molecule has 1 aliphatic heterocycles. The summed E-state index contributed by atoms with van der Waals surface area (Å²) in [5, 5.41) is 5.95. The van der Waals surface area contributed by atoms with E-state index in [1.165, 1.54) is 0 Å². The summed E-state index contributed by atoms with van der Waals surface area (Å²) in [5.41, 5.74) is 0.521. The number of pyridine rings is 1. The molecule has 0 spiro atoms. The van der Waals surface area contributed by atoms with E-state index >= 15 is 0 Å². The Balaban J connectivity index is 1.92. The van der Waals surface area contributed by atoms with Gasteiger partial charge in [0, 0.05) is 12.7 Å². The quantitative estimate of drug-likeness (QED) is 0.867. The van der Waals surface area contributed by atoms with Crippen LogP contribution in [0.5, 0.6) is 0 Å². The normalized spacial score (nSPS) is 19.4. The Morgan fingerprint density at radius 3 is 2.85 bits per heavy atom. The molecule has 2 rings (SSSR count). The van der Waals surface area contributed by atoms with Crippen molar-refractivity contribution < 1.29 is 14.3 Å².